The number of nitrogens with zero attached hydrogens (tertiary/aromatic N) is 2. The first kappa shape index (κ1) is 16.3. The molecular weight excluding hydrogens is 282 g/mol. The Labute approximate surface area is 118 Å². The van der Waals surface area contributed by atoms with Crippen LogP contribution in [0.4, 0.5) is 0 Å². The largest absolute Gasteiger partial charge is 0.323 e. The van der Waals surface area contributed by atoms with Gasteiger partial charge in [0.1, 0.15) is 4.90 Å². The molecule has 0 bridgehead atoms. The van der Waals surface area contributed by atoms with Crippen molar-refractivity contribution in [1.82, 2.24) is 5.43 Å². The zero-order valence-corrected chi connectivity index (χ0v) is 12.4. The molecule has 8 heteroatoms. The zero-order chi connectivity index (χ0) is 15.4. The number of hydrazone groups is 1. The maximum atomic E-state index is 11.5. The van der Waals surface area contributed by atoms with Crippen LogP contribution in [0.2, 0.25) is 0 Å². The minimum absolute atomic E-state index is 0.195. The summed E-state index contributed by atoms with van der Waals surface area (Å²) in [5, 5.41) is 3.69. The minimum atomic E-state index is -4.32. The summed E-state index contributed by atoms with van der Waals surface area (Å²) >= 11 is 0. The van der Waals surface area contributed by atoms with E-state index in [1.807, 2.05) is 21.1 Å². The molecule has 0 heterocycles. The summed E-state index contributed by atoms with van der Waals surface area (Å²) in [6.07, 6.45) is 1.18. The highest BCUT2D eigenvalue weighted by molar-refractivity contribution is 7.86. The van der Waals surface area contributed by atoms with Gasteiger partial charge in [-0.1, -0.05) is 18.2 Å². The van der Waals surface area contributed by atoms with Gasteiger partial charge >= 0.3 is 0 Å². The molecule has 0 aromatic heterocycles. The molecule has 20 heavy (non-hydrogen) atoms. The van der Waals surface area contributed by atoms with Gasteiger partial charge in [0.05, 0.1) is 27.4 Å². The van der Waals surface area contributed by atoms with E-state index in [4.69, 9.17) is 4.55 Å². The molecule has 0 unspecified atom stereocenters. The van der Waals surface area contributed by atoms with E-state index in [2.05, 4.69) is 10.5 Å². The second kappa shape index (κ2) is 6.12. The number of hydrogen-bond acceptors (Lipinski definition) is 4. The Hall–Kier alpha value is -1.77. The van der Waals surface area contributed by atoms with Crippen LogP contribution in [0, 0.1) is 0 Å². The van der Waals surface area contributed by atoms with E-state index in [0.29, 0.717) is 4.48 Å². The first-order chi connectivity index (χ1) is 9.09. The van der Waals surface area contributed by atoms with E-state index < -0.39 is 10.1 Å². The molecule has 0 fully saturated rings. The summed E-state index contributed by atoms with van der Waals surface area (Å²) in [5.74, 6) is -0.293. The molecular formula is C12H18N3O4S+. The Balaban J connectivity index is 2.80. The van der Waals surface area contributed by atoms with Crippen molar-refractivity contribution in [2.75, 3.05) is 27.7 Å². The monoisotopic (exact) mass is 300 g/mol. The molecule has 2 N–H and O–H groups in total. The van der Waals surface area contributed by atoms with Crippen LogP contribution in [0.25, 0.3) is 0 Å². The SMILES string of the molecule is C[N+](C)(C)CC(=O)NN=Cc1ccccc1S(=O)(=O)O. The van der Waals surface area contributed by atoms with Gasteiger partial charge in [-0.2, -0.15) is 13.5 Å². The third-order valence-electron chi connectivity index (χ3n) is 2.21. The average Bonchev–Trinajstić information content (AvgIpc) is 2.25. The minimum Gasteiger partial charge on any atom is -0.323 e. The fraction of sp³-hybridized carbons (Fsp3) is 0.333. The van der Waals surface area contributed by atoms with Crippen molar-refractivity contribution in [3.05, 3.63) is 29.8 Å². The fourth-order valence-electron chi connectivity index (χ4n) is 1.46. The second-order valence-electron chi connectivity index (χ2n) is 5.25. The molecule has 0 radical (unpaired) electrons. The smallest absolute Gasteiger partial charge is 0.295 e. The summed E-state index contributed by atoms with van der Waals surface area (Å²) in [5.41, 5.74) is 2.50. The van der Waals surface area contributed by atoms with Gasteiger partial charge in [0.25, 0.3) is 16.0 Å². The average molecular weight is 300 g/mol. The van der Waals surface area contributed by atoms with Gasteiger partial charge < -0.3 is 4.48 Å². The quantitative estimate of drug-likeness (QED) is 0.349. The number of rotatable bonds is 5. The topological polar surface area (TPSA) is 95.8 Å². The lowest BCUT2D eigenvalue weighted by Gasteiger charge is -2.21. The molecule has 1 rings (SSSR count). The number of carbonyl (C=O) groups excluding carboxylic acids is 1. The number of benzene rings is 1. The number of likely N-dealkylation sites (N-methyl/N-ethyl adjacent to an activating group) is 1. The molecule has 110 valence electrons. The summed E-state index contributed by atoms with van der Waals surface area (Å²) in [6.45, 7) is 0.233. The Morgan fingerprint density at radius 1 is 1.35 bits per heavy atom. The molecule has 1 amide bonds. The second-order valence-corrected chi connectivity index (χ2v) is 6.64. The lowest BCUT2D eigenvalue weighted by molar-refractivity contribution is -0.862. The van der Waals surface area contributed by atoms with Crippen LogP contribution < -0.4 is 5.43 Å². The van der Waals surface area contributed by atoms with E-state index in [1.165, 1.54) is 24.4 Å². The van der Waals surface area contributed by atoms with Gasteiger partial charge in [0.2, 0.25) is 0 Å². The fourth-order valence-corrected chi connectivity index (χ4v) is 2.13. The van der Waals surface area contributed by atoms with Gasteiger partial charge in [-0.25, -0.2) is 5.43 Å². The van der Waals surface area contributed by atoms with Gasteiger partial charge in [-0.05, 0) is 6.07 Å². The first-order valence-corrected chi connectivity index (χ1v) is 7.22. The predicted molar refractivity (Wildman–Crippen MR) is 74.9 cm³/mol. The van der Waals surface area contributed by atoms with Crippen LogP contribution in [0.5, 0.6) is 0 Å². The Morgan fingerprint density at radius 2 is 1.95 bits per heavy atom. The van der Waals surface area contributed by atoms with E-state index >= 15 is 0 Å². The third kappa shape index (κ3) is 5.47. The van der Waals surface area contributed by atoms with Crippen molar-refractivity contribution in [3.63, 3.8) is 0 Å². The van der Waals surface area contributed by atoms with E-state index in [9.17, 15) is 13.2 Å². The van der Waals surface area contributed by atoms with Crippen molar-refractivity contribution in [1.29, 1.82) is 0 Å². The predicted octanol–water partition coefficient (Wildman–Crippen LogP) is 0.0896. The van der Waals surface area contributed by atoms with Crippen molar-refractivity contribution < 1.29 is 22.2 Å². The maximum absolute atomic E-state index is 11.5. The summed E-state index contributed by atoms with van der Waals surface area (Å²) in [4.78, 5) is 11.3. The Morgan fingerprint density at radius 3 is 2.50 bits per heavy atom. The van der Waals surface area contributed by atoms with Crippen molar-refractivity contribution in [3.8, 4) is 0 Å². The van der Waals surface area contributed by atoms with E-state index in [-0.39, 0.29) is 22.9 Å². The van der Waals surface area contributed by atoms with E-state index in [1.54, 1.807) is 6.07 Å². The maximum Gasteiger partial charge on any atom is 0.295 e. The molecule has 0 saturated carbocycles. The van der Waals surface area contributed by atoms with Crippen molar-refractivity contribution in [2.45, 2.75) is 4.90 Å². The normalized spacial score (nSPS) is 12.6. The zero-order valence-electron chi connectivity index (χ0n) is 11.6. The lowest BCUT2D eigenvalue weighted by Crippen LogP contribution is -2.43. The Bertz CT molecular complexity index is 618. The van der Waals surface area contributed by atoms with Crippen LogP contribution in [0.15, 0.2) is 34.3 Å². The van der Waals surface area contributed by atoms with Crippen LogP contribution in [-0.4, -0.2) is 57.3 Å². The molecule has 1 aromatic carbocycles. The van der Waals surface area contributed by atoms with Gasteiger partial charge in [-0.15, -0.1) is 0 Å². The van der Waals surface area contributed by atoms with Crippen LogP contribution in [0.3, 0.4) is 0 Å². The highest BCUT2D eigenvalue weighted by Gasteiger charge is 2.14. The van der Waals surface area contributed by atoms with Gasteiger partial charge in [0, 0.05) is 5.56 Å². The lowest BCUT2D eigenvalue weighted by atomic mass is 10.2. The van der Waals surface area contributed by atoms with Crippen molar-refractivity contribution >= 4 is 22.2 Å². The highest BCUT2D eigenvalue weighted by atomic mass is 32.2. The van der Waals surface area contributed by atoms with Gasteiger partial charge in [-0.3, -0.25) is 9.35 Å². The first-order valence-electron chi connectivity index (χ1n) is 5.78. The number of carbonyl (C=O) groups is 1. The number of amides is 1. The van der Waals surface area contributed by atoms with Gasteiger partial charge in [0.15, 0.2) is 6.54 Å². The summed E-state index contributed by atoms with van der Waals surface area (Å²) in [7, 11) is 1.25. The molecule has 1 aromatic rings. The molecule has 0 atom stereocenters. The summed E-state index contributed by atoms with van der Waals surface area (Å²) in [6, 6.07) is 5.81. The van der Waals surface area contributed by atoms with Crippen LogP contribution in [0.1, 0.15) is 5.56 Å². The number of quaternary nitrogens is 1. The molecule has 0 saturated heterocycles. The summed E-state index contributed by atoms with van der Waals surface area (Å²) < 4.78 is 31.8. The number of nitrogens with one attached hydrogen (secondary N) is 1. The molecule has 0 aliphatic heterocycles. The molecule has 0 aliphatic rings. The standard InChI is InChI=1S/C12H17N3O4S/c1-15(2,3)9-12(16)14-13-8-10-6-4-5-7-11(10)20(17,18)19/h4-8H,9H2,1-3H3,(H-,14,16,17,18,19)/p+1. The third-order valence-corrected chi connectivity index (χ3v) is 3.14. The number of hydrogen-bond donors (Lipinski definition) is 2. The molecule has 0 aliphatic carbocycles. The molecule has 7 nitrogen and oxygen atoms in total. The molecule has 0 spiro atoms. The highest BCUT2D eigenvalue weighted by Crippen LogP contribution is 2.12. The van der Waals surface area contributed by atoms with Crippen LogP contribution in [-0.2, 0) is 14.9 Å². The van der Waals surface area contributed by atoms with Crippen LogP contribution >= 0.6 is 0 Å². The Kier molecular flexibility index (Phi) is 4.98. The van der Waals surface area contributed by atoms with Crippen molar-refractivity contribution in [2.24, 2.45) is 5.10 Å². The van der Waals surface area contributed by atoms with E-state index in [0.717, 1.165) is 0 Å².